The summed E-state index contributed by atoms with van der Waals surface area (Å²) in [6.07, 6.45) is 3.03. The molecule has 1 amide bonds. The van der Waals surface area contributed by atoms with Crippen LogP contribution in [0.3, 0.4) is 0 Å². The summed E-state index contributed by atoms with van der Waals surface area (Å²) in [5.74, 6) is -0.122. The van der Waals surface area contributed by atoms with E-state index < -0.39 is 6.10 Å². The van der Waals surface area contributed by atoms with Crippen LogP contribution in [0.5, 0.6) is 0 Å². The summed E-state index contributed by atoms with van der Waals surface area (Å²) in [6.45, 7) is 4.72. The summed E-state index contributed by atoms with van der Waals surface area (Å²) < 4.78 is 7.10. The van der Waals surface area contributed by atoms with Crippen LogP contribution < -0.4 is 10.6 Å². The predicted octanol–water partition coefficient (Wildman–Crippen LogP) is 0.252. The van der Waals surface area contributed by atoms with Gasteiger partial charge in [0.2, 0.25) is 0 Å². The van der Waals surface area contributed by atoms with Crippen molar-refractivity contribution in [1.82, 2.24) is 15.1 Å². The molecule has 0 aromatic carbocycles. The van der Waals surface area contributed by atoms with Crippen LogP contribution in [0, 0.1) is 0 Å². The number of anilines is 1. The van der Waals surface area contributed by atoms with Gasteiger partial charge >= 0.3 is 0 Å². The Morgan fingerprint density at radius 1 is 1.76 bits per heavy atom. The van der Waals surface area contributed by atoms with E-state index in [-0.39, 0.29) is 18.3 Å². The molecular formula is C10H17ClN4O2. The maximum Gasteiger partial charge on any atom is 0.254 e. The van der Waals surface area contributed by atoms with Crippen molar-refractivity contribution in [2.24, 2.45) is 0 Å². The first-order valence-electron chi connectivity index (χ1n) is 5.45. The van der Waals surface area contributed by atoms with E-state index in [1.54, 1.807) is 17.1 Å². The molecule has 1 atom stereocenters. The van der Waals surface area contributed by atoms with Gasteiger partial charge in [0.15, 0.2) is 0 Å². The van der Waals surface area contributed by atoms with Crippen LogP contribution in [0.4, 0.5) is 5.69 Å². The zero-order valence-corrected chi connectivity index (χ0v) is 10.5. The monoisotopic (exact) mass is 260 g/mol. The summed E-state index contributed by atoms with van der Waals surface area (Å²) in [5, 5.41) is 9.97. The summed E-state index contributed by atoms with van der Waals surface area (Å²) in [5.41, 5.74) is 0.709. The number of nitrogens with one attached hydrogen (secondary N) is 2. The highest BCUT2D eigenvalue weighted by Crippen LogP contribution is 2.07. The molecule has 0 radical (unpaired) electrons. The standard InChI is InChI=1S/C10H16N4O2.ClH/c1-2-14-7-8(5-12-14)13-10(15)9-6-11-3-4-16-9;/h5,7,9,11H,2-4,6H2,1H3,(H,13,15);1H. The number of carbonyl (C=O) groups is 1. The van der Waals surface area contributed by atoms with E-state index in [1.165, 1.54) is 0 Å². The minimum Gasteiger partial charge on any atom is -0.366 e. The zero-order valence-electron chi connectivity index (χ0n) is 9.68. The van der Waals surface area contributed by atoms with Crippen LogP contribution in [0.15, 0.2) is 12.4 Å². The zero-order chi connectivity index (χ0) is 11.4. The fraction of sp³-hybridized carbons (Fsp3) is 0.600. The van der Waals surface area contributed by atoms with Gasteiger partial charge in [-0.05, 0) is 6.92 Å². The third-order valence-electron chi connectivity index (χ3n) is 2.44. The molecule has 0 bridgehead atoms. The molecular weight excluding hydrogens is 244 g/mol. The molecule has 1 unspecified atom stereocenters. The van der Waals surface area contributed by atoms with Gasteiger partial charge in [0, 0.05) is 25.8 Å². The van der Waals surface area contributed by atoms with Gasteiger partial charge in [-0.25, -0.2) is 0 Å². The maximum absolute atomic E-state index is 11.8. The van der Waals surface area contributed by atoms with E-state index in [9.17, 15) is 4.79 Å². The maximum atomic E-state index is 11.8. The highest BCUT2D eigenvalue weighted by atomic mass is 35.5. The molecule has 2 N–H and O–H groups in total. The normalized spacial score (nSPS) is 19.5. The summed E-state index contributed by atoms with van der Waals surface area (Å²) in [4.78, 5) is 11.8. The fourth-order valence-corrected chi connectivity index (χ4v) is 1.56. The van der Waals surface area contributed by atoms with Crippen LogP contribution in [0.25, 0.3) is 0 Å². The molecule has 6 nitrogen and oxygen atoms in total. The number of amides is 1. The van der Waals surface area contributed by atoms with Crippen molar-refractivity contribution < 1.29 is 9.53 Å². The van der Waals surface area contributed by atoms with E-state index in [2.05, 4.69) is 15.7 Å². The number of nitrogens with zero attached hydrogens (tertiary/aromatic N) is 2. The quantitative estimate of drug-likeness (QED) is 0.818. The van der Waals surface area contributed by atoms with Gasteiger partial charge < -0.3 is 15.4 Å². The second kappa shape index (κ2) is 6.58. The number of aryl methyl sites for hydroxylation is 1. The Hall–Kier alpha value is -1.11. The average molecular weight is 261 g/mol. The molecule has 1 aromatic heterocycles. The molecule has 7 heteroatoms. The van der Waals surface area contributed by atoms with Crippen LogP contribution in [0.2, 0.25) is 0 Å². The first-order chi connectivity index (χ1) is 7.79. The molecule has 0 spiro atoms. The number of carbonyl (C=O) groups excluding carboxylic acids is 1. The highest BCUT2D eigenvalue weighted by Gasteiger charge is 2.21. The van der Waals surface area contributed by atoms with Gasteiger partial charge in [-0.3, -0.25) is 9.48 Å². The third kappa shape index (κ3) is 3.69. The third-order valence-corrected chi connectivity index (χ3v) is 2.44. The molecule has 2 rings (SSSR count). The lowest BCUT2D eigenvalue weighted by Crippen LogP contribution is -2.45. The van der Waals surface area contributed by atoms with E-state index in [1.807, 2.05) is 6.92 Å². The fourth-order valence-electron chi connectivity index (χ4n) is 1.56. The van der Waals surface area contributed by atoms with Gasteiger partial charge in [-0.1, -0.05) is 0 Å². The number of aromatic nitrogens is 2. The number of rotatable bonds is 3. The first-order valence-corrected chi connectivity index (χ1v) is 5.45. The minimum absolute atomic E-state index is 0. The second-order valence-electron chi connectivity index (χ2n) is 3.64. The van der Waals surface area contributed by atoms with Crippen molar-refractivity contribution in [1.29, 1.82) is 0 Å². The van der Waals surface area contributed by atoms with Crippen molar-refractivity contribution in [3.05, 3.63) is 12.4 Å². The number of morpholine rings is 1. The predicted molar refractivity (Wildman–Crippen MR) is 66.4 cm³/mol. The molecule has 1 saturated heterocycles. The number of hydrogen-bond acceptors (Lipinski definition) is 4. The van der Waals surface area contributed by atoms with E-state index >= 15 is 0 Å². The van der Waals surface area contributed by atoms with Crippen LogP contribution in [0.1, 0.15) is 6.92 Å². The topological polar surface area (TPSA) is 68.2 Å². The minimum atomic E-state index is -0.404. The molecule has 0 aliphatic carbocycles. The van der Waals surface area contributed by atoms with Gasteiger partial charge in [-0.15, -0.1) is 12.4 Å². The Bertz CT molecular complexity index is 363. The van der Waals surface area contributed by atoms with Crippen LogP contribution in [-0.4, -0.2) is 41.5 Å². The largest absolute Gasteiger partial charge is 0.366 e. The Balaban J connectivity index is 0.00000144. The Morgan fingerprint density at radius 3 is 3.18 bits per heavy atom. The Morgan fingerprint density at radius 2 is 2.59 bits per heavy atom. The lowest BCUT2D eigenvalue weighted by Gasteiger charge is -2.22. The number of halogens is 1. The molecule has 2 heterocycles. The van der Waals surface area contributed by atoms with Crippen LogP contribution in [-0.2, 0) is 16.1 Å². The van der Waals surface area contributed by atoms with Crippen molar-refractivity contribution >= 4 is 24.0 Å². The first kappa shape index (κ1) is 14.0. The smallest absolute Gasteiger partial charge is 0.254 e. The van der Waals surface area contributed by atoms with E-state index in [4.69, 9.17) is 4.74 Å². The Labute approximate surface area is 106 Å². The Kier molecular flexibility index (Phi) is 5.40. The second-order valence-corrected chi connectivity index (χ2v) is 3.64. The molecule has 1 aromatic rings. The van der Waals surface area contributed by atoms with Crippen LogP contribution >= 0.6 is 12.4 Å². The van der Waals surface area contributed by atoms with Crippen molar-refractivity contribution in [2.45, 2.75) is 19.6 Å². The SMILES string of the molecule is CCn1cc(NC(=O)C2CNCCO2)cn1.Cl. The molecule has 1 aliphatic heterocycles. The molecule has 17 heavy (non-hydrogen) atoms. The van der Waals surface area contributed by atoms with E-state index in [0.717, 1.165) is 13.1 Å². The van der Waals surface area contributed by atoms with Gasteiger partial charge in [0.25, 0.3) is 5.91 Å². The summed E-state index contributed by atoms with van der Waals surface area (Å²) in [6, 6.07) is 0. The van der Waals surface area contributed by atoms with E-state index in [0.29, 0.717) is 18.8 Å². The van der Waals surface area contributed by atoms with Crippen molar-refractivity contribution in [3.63, 3.8) is 0 Å². The number of hydrogen-bond donors (Lipinski definition) is 2. The van der Waals surface area contributed by atoms with Crippen molar-refractivity contribution in [2.75, 3.05) is 25.0 Å². The average Bonchev–Trinajstić information content (AvgIpc) is 2.78. The van der Waals surface area contributed by atoms with Gasteiger partial charge in [0.05, 0.1) is 18.5 Å². The van der Waals surface area contributed by atoms with Gasteiger partial charge in [-0.2, -0.15) is 5.10 Å². The van der Waals surface area contributed by atoms with Gasteiger partial charge in [0.1, 0.15) is 6.10 Å². The lowest BCUT2D eigenvalue weighted by molar-refractivity contribution is -0.128. The summed E-state index contributed by atoms with van der Waals surface area (Å²) in [7, 11) is 0. The lowest BCUT2D eigenvalue weighted by atomic mass is 10.3. The molecule has 0 saturated carbocycles. The van der Waals surface area contributed by atoms with Crippen molar-refractivity contribution in [3.8, 4) is 0 Å². The summed E-state index contributed by atoms with van der Waals surface area (Å²) >= 11 is 0. The molecule has 1 aliphatic rings. The number of ether oxygens (including phenoxy) is 1. The highest BCUT2D eigenvalue weighted by molar-refractivity contribution is 5.94. The molecule has 1 fully saturated rings. The molecule has 96 valence electrons.